The van der Waals surface area contributed by atoms with Crippen molar-refractivity contribution in [3.8, 4) is 0 Å². The number of rotatable bonds is 5. The summed E-state index contributed by atoms with van der Waals surface area (Å²) < 4.78 is 32.7. The Balaban J connectivity index is 1.87. The number of halogens is 2. The maximum Gasteiger partial charge on any atom is 0.243 e. The molecule has 0 N–H and O–H groups in total. The fourth-order valence-corrected chi connectivity index (χ4v) is 4.71. The molecule has 2 aliphatic rings. The Labute approximate surface area is 135 Å². The number of ether oxygens (including phenoxy) is 1. The van der Waals surface area contributed by atoms with Crippen LogP contribution >= 0.6 is 23.2 Å². The molecule has 0 bridgehead atoms. The Morgan fingerprint density at radius 1 is 1.19 bits per heavy atom. The average Bonchev–Trinajstić information content (AvgIpc) is 3.15. The number of sulfonamides is 1. The van der Waals surface area contributed by atoms with Gasteiger partial charge < -0.3 is 4.74 Å². The highest BCUT2D eigenvalue weighted by Gasteiger charge is 2.39. The molecule has 1 saturated heterocycles. The second kappa shape index (κ2) is 6.05. The first-order chi connectivity index (χ1) is 9.98. The van der Waals surface area contributed by atoms with Gasteiger partial charge in [-0.05, 0) is 43.4 Å². The molecule has 1 heterocycles. The van der Waals surface area contributed by atoms with E-state index in [1.54, 1.807) is 4.31 Å². The van der Waals surface area contributed by atoms with Crippen molar-refractivity contribution >= 4 is 33.2 Å². The van der Waals surface area contributed by atoms with E-state index in [0.717, 1.165) is 25.9 Å². The Hall–Kier alpha value is -0.330. The lowest BCUT2D eigenvalue weighted by Crippen LogP contribution is -2.37. The number of nitrogens with zero attached hydrogens (tertiary/aromatic N) is 1. The van der Waals surface area contributed by atoms with Gasteiger partial charge in [0.05, 0.1) is 21.5 Å². The van der Waals surface area contributed by atoms with Gasteiger partial charge in [-0.3, -0.25) is 0 Å². The lowest BCUT2D eigenvalue weighted by Gasteiger charge is -2.24. The Kier molecular flexibility index (Phi) is 4.48. The highest BCUT2D eigenvalue weighted by molar-refractivity contribution is 7.89. The summed E-state index contributed by atoms with van der Waals surface area (Å²) >= 11 is 11.8. The fraction of sp³-hybridized carbons (Fsp3) is 0.571. The van der Waals surface area contributed by atoms with Crippen LogP contribution in [0.1, 0.15) is 19.3 Å². The molecule has 21 heavy (non-hydrogen) atoms. The molecule has 2 fully saturated rings. The van der Waals surface area contributed by atoms with Crippen LogP contribution in [-0.2, 0) is 14.8 Å². The van der Waals surface area contributed by atoms with E-state index < -0.39 is 10.0 Å². The van der Waals surface area contributed by atoms with Gasteiger partial charge in [-0.1, -0.05) is 23.2 Å². The number of hydrogen-bond acceptors (Lipinski definition) is 3. The zero-order valence-corrected chi connectivity index (χ0v) is 13.8. The summed E-state index contributed by atoms with van der Waals surface area (Å²) in [6.45, 7) is 1.88. The van der Waals surface area contributed by atoms with E-state index in [-0.39, 0.29) is 21.9 Å². The minimum absolute atomic E-state index is 0.116. The molecule has 1 atom stereocenters. The first-order valence-electron chi connectivity index (χ1n) is 7.03. The highest BCUT2D eigenvalue weighted by Crippen LogP contribution is 2.35. The van der Waals surface area contributed by atoms with E-state index in [9.17, 15) is 8.42 Å². The van der Waals surface area contributed by atoms with Gasteiger partial charge in [-0.2, -0.15) is 4.31 Å². The molecule has 0 amide bonds. The molecule has 1 unspecified atom stereocenters. The number of benzene rings is 1. The van der Waals surface area contributed by atoms with Crippen molar-refractivity contribution in [2.75, 3.05) is 19.8 Å². The van der Waals surface area contributed by atoms with Crippen LogP contribution in [0.5, 0.6) is 0 Å². The zero-order chi connectivity index (χ0) is 15.0. The monoisotopic (exact) mass is 349 g/mol. The summed E-state index contributed by atoms with van der Waals surface area (Å²) in [6, 6.07) is 4.59. The molecule has 7 heteroatoms. The van der Waals surface area contributed by atoms with Crippen molar-refractivity contribution in [1.82, 2.24) is 4.31 Å². The van der Waals surface area contributed by atoms with Crippen molar-refractivity contribution in [1.29, 1.82) is 0 Å². The molecule has 3 rings (SSSR count). The summed E-state index contributed by atoms with van der Waals surface area (Å²) in [5, 5.41) is 0.621. The van der Waals surface area contributed by atoms with Crippen LogP contribution < -0.4 is 0 Å². The van der Waals surface area contributed by atoms with E-state index in [4.69, 9.17) is 27.9 Å². The summed E-state index contributed by atoms with van der Waals surface area (Å²) in [5.74, 6) is 0.281. The Bertz CT molecular complexity index is 625. The minimum atomic E-state index is -3.53. The van der Waals surface area contributed by atoms with Gasteiger partial charge in [-0.25, -0.2) is 8.42 Å². The van der Waals surface area contributed by atoms with Gasteiger partial charge in [0.1, 0.15) is 0 Å². The summed E-state index contributed by atoms with van der Waals surface area (Å²) in [5.41, 5.74) is 0. The maximum absolute atomic E-state index is 12.8. The molecule has 4 nitrogen and oxygen atoms in total. The first-order valence-corrected chi connectivity index (χ1v) is 9.23. The average molecular weight is 350 g/mol. The normalized spacial score (nSPS) is 22.9. The van der Waals surface area contributed by atoms with Crippen LogP contribution in [-0.4, -0.2) is 38.5 Å². The molecule has 1 aromatic rings. The zero-order valence-electron chi connectivity index (χ0n) is 11.5. The van der Waals surface area contributed by atoms with Gasteiger partial charge in [0.25, 0.3) is 0 Å². The standard InChI is InChI=1S/C14H17Cl2NO3S/c15-13-4-3-12(7-14(13)16)21(18,19)17(11-1-2-11)8-10-5-6-20-9-10/h3-4,7,10-11H,1-2,5-6,8-9H2. The largest absolute Gasteiger partial charge is 0.381 e. The molecule has 0 spiro atoms. The summed E-state index contributed by atoms with van der Waals surface area (Å²) in [7, 11) is -3.53. The van der Waals surface area contributed by atoms with E-state index in [0.29, 0.717) is 18.2 Å². The lowest BCUT2D eigenvalue weighted by atomic mass is 10.1. The van der Waals surface area contributed by atoms with E-state index in [1.165, 1.54) is 18.2 Å². The topological polar surface area (TPSA) is 46.6 Å². The van der Waals surface area contributed by atoms with Crippen LogP contribution in [0.15, 0.2) is 23.1 Å². The maximum atomic E-state index is 12.8. The molecule has 1 aromatic carbocycles. The fourth-order valence-electron chi connectivity index (χ4n) is 2.56. The summed E-state index contributed by atoms with van der Waals surface area (Å²) in [6.07, 6.45) is 2.77. The lowest BCUT2D eigenvalue weighted by molar-refractivity contribution is 0.180. The third kappa shape index (κ3) is 3.37. The van der Waals surface area contributed by atoms with Crippen molar-refractivity contribution in [3.63, 3.8) is 0 Å². The van der Waals surface area contributed by atoms with Gasteiger partial charge in [-0.15, -0.1) is 0 Å². The third-order valence-electron chi connectivity index (χ3n) is 3.91. The molecule has 1 aliphatic heterocycles. The highest BCUT2D eigenvalue weighted by atomic mass is 35.5. The Morgan fingerprint density at radius 3 is 2.52 bits per heavy atom. The van der Waals surface area contributed by atoms with Crippen molar-refractivity contribution in [2.24, 2.45) is 5.92 Å². The van der Waals surface area contributed by atoms with Gasteiger partial charge >= 0.3 is 0 Å². The quantitative estimate of drug-likeness (QED) is 0.819. The van der Waals surface area contributed by atoms with E-state index >= 15 is 0 Å². The molecule has 0 radical (unpaired) electrons. The molecule has 0 aromatic heterocycles. The van der Waals surface area contributed by atoms with Crippen molar-refractivity contribution in [3.05, 3.63) is 28.2 Å². The molecule has 116 valence electrons. The minimum Gasteiger partial charge on any atom is -0.381 e. The van der Waals surface area contributed by atoms with E-state index in [2.05, 4.69) is 0 Å². The van der Waals surface area contributed by atoms with Crippen LogP contribution in [0, 0.1) is 5.92 Å². The predicted molar refractivity (Wildman–Crippen MR) is 82.3 cm³/mol. The second-order valence-corrected chi connectivity index (χ2v) is 8.32. The Morgan fingerprint density at radius 2 is 1.95 bits per heavy atom. The van der Waals surface area contributed by atoms with Gasteiger partial charge in [0.15, 0.2) is 0 Å². The van der Waals surface area contributed by atoms with Crippen LogP contribution in [0.4, 0.5) is 0 Å². The first kappa shape index (κ1) is 15.6. The van der Waals surface area contributed by atoms with Crippen molar-refractivity contribution < 1.29 is 13.2 Å². The molecule has 1 saturated carbocycles. The van der Waals surface area contributed by atoms with E-state index in [1.807, 2.05) is 0 Å². The smallest absolute Gasteiger partial charge is 0.243 e. The molecular formula is C14H17Cl2NO3S. The van der Waals surface area contributed by atoms with Crippen LogP contribution in [0.3, 0.4) is 0 Å². The second-order valence-electron chi connectivity index (χ2n) is 5.61. The van der Waals surface area contributed by atoms with Gasteiger partial charge in [0.2, 0.25) is 10.0 Å². The van der Waals surface area contributed by atoms with Crippen molar-refractivity contribution in [2.45, 2.75) is 30.2 Å². The number of hydrogen-bond donors (Lipinski definition) is 0. The van der Waals surface area contributed by atoms with Gasteiger partial charge in [0, 0.05) is 19.2 Å². The SMILES string of the molecule is O=S(=O)(c1ccc(Cl)c(Cl)c1)N(CC1CCOC1)C1CC1. The molecule has 1 aliphatic carbocycles. The molecular weight excluding hydrogens is 333 g/mol. The predicted octanol–water partition coefficient (Wildman–Crippen LogP) is 3.18. The van der Waals surface area contributed by atoms with Crippen LogP contribution in [0.2, 0.25) is 10.0 Å². The van der Waals surface area contributed by atoms with Crippen LogP contribution in [0.25, 0.3) is 0 Å². The summed E-state index contributed by atoms with van der Waals surface area (Å²) in [4.78, 5) is 0.211. The third-order valence-corrected chi connectivity index (χ3v) is 6.57.